The second-order valence-electron chi connectivity index (χ2n) is 6.19. The fourth-order valence-corrected chi connectivity index (χ4v) is 3.11. The van der Waals surface area contributed by atoms with Gasteiger partial charge in [0.25, 0.3) is 5.91 Å². The summed E-state index contributed by atoms with van der Waals surface area (Å²) in [6.07, 6.45) is 1.67. The molecule has 1 amide bonds. The van der Waals surface area contributed by atoms with E-state index in [1.165, 1.54) is 0 Å². The number of β-amino-alcohol motifs (C(OH)–C–C–N with tert-alkyl or cyclic N) is 1. The summed E-state index contributed by atoms with van der Waals surface area (Å²) in [5.41, 5.74) is 2.46. The highest BCUT2D eigenvalue weighted by Crippen LogP contribution is 2.17. The summed E-state index contributed by atoms with van der Waals surface area (Å²) in [7, 11) is 0. The van der Waals surface area contributed by atoms with E-state index in [0.717, 1.165) is 37.2 Å². The summed E-state index contributed by atoms with van der Waals surface area (Å²) in [6.45, 7) is 2.49. The number of hydrogen-bond acceptors (Lipinski definition) is 3. The molecule has 0 radical (unpaired) electrons. The van der Waals surface area contributed by atoms with Crippen LogP contribution in [0.25, 0.3) is 0 Å². The lowest BCUT2D eigenvalue weighted by Gasteiger charge is -2.30. The molecule has 0 bridgehead atoms. The summed E-state index contributed by atoms with van der Waals surface area (Å²) in [6, 6.07) is 14.7. The standard InChI is InChI=1S/C19H21ClN2O2/c20-16-8-6-15(7-9-16)19(24)21-17-4-1-3-14(11-17)12-22-10-2-5-18(23)13-22/h1,3-4,6-9,11,18,23H,2,5,10,12-13H2,(H,21,24). The Morgan fingerprint density at radius 1 is 1.25 bits per heavy atom. The van der Waals surface area contributed by atoms with Gasteiger partial charge in [0.1, 0.15) is 0 Å². The van der Waals surface area contributed by atoms with E-state index in [0.29, 0.717) is 17.1 Å². The molecule has 126 valence electrons. The van der Waals surface area contributed by atoms with Gasteiger partial charge in [-0.1, -0.05) is 23.7 Å². The van der Waals surface area contributed by atoms with Crippen molar-refractivity contribution in [2.24, 2.45) is 0 Å². The average Bonchev–Trinajstić information content (AvgIpc) is 2.56. The number of carbonyl (C=O) groups excluding carboxylic acids is 1. The minimum atomic E-state index is -0.230. The highest BCUT2D eigenvalue weighted by molar-refractivity contribution is 6.30. The van der Waals surface area contributed by atoms with Crippen molar-refractivity contribution >= 4 is 23.2 Å². The number of anilines is 1. The molecule has 4 nitrogen and oxygen atoms in total. The second kappa shape index (κ2) is 7.79. The number of benzene rings is 2. The lowest BCUT2D eigenvalue weighted by Crippen LogP contribution is -2.37. The van der Waals surface area contributed by atoms with Crippen molar-refractivity contribution in [1.29, 1.82) is 0 Å². The first-order valence-electron chi connectivity index (χ1n) is 8.16. The van der Waals surface area contributed by atoms with Crippen molar-refractivity contribution in [3.63, 3.8) is 0 Å². The molecular formula is C19H21ClN2O2. The number of aliphatic hydroxyl groups is 1. The number of nitrogens with zero attached hydrogens (tertiary/aromatic N) is 1. The van der Waals surface area contributed by atoms with Gasteiger partial charge < -0.3 is 10.4 Å². The predicted octanol–water partition coefficient (Wildman–Crippen LogP) is 3.55. The maximum Gasteiger partial charge on any atom is 0.255 e. The van der Waals surface area contributed by atoms with Crippen LogP contribution in [0.15, 0.2) is 48.5 Å². The summed E-state index contributed by atoms with van der Waals surface area (Å²) in [4.78, 5) is 14.5. The molecule has 2 aromatic carbocycles. The Hall–Kier alpha value is -1.88. The van der Waals surface area contributed by atoms with E-state index >= 15 is 0 Å². The van der Waals surface area contributed by atoms with Gasteiger partial charge in [-0.15, -0.1) is 0 Å². The lowest BCUT2D eigenvalue weighted by molar-refractivity contribution is 0.0668. The van der Waals surface area contributed by atoms with E-state index < -0.39 is 0 Å². The average molecular weight is 345 g/mol. The zero-order chi connectivity index (χ0) is 16.9. The topological polar surface area (TPSA) is 52.6 Å². The van der Waals surface area contributed by atoms with E-state index in [-0.39, 0.29) is 12.0 Å². The molecule has 1 atom stereocenters. The SMILES string of the molecule is O=C(Nc1cccc(CN2CCCC(O)C2)c1)c1ccc(Cl)cc1. The first-order valence-corrected chi connectivity index (χ1v) is 8.54. The molecule has 1 aliphatic rings. The Morgan fingerprint density at radius 3 is 2.79 bits per heavy atom. The fourth-order valence-electron chi connectivity index (χ4n) is 2.98. The number of nitrogens with one attached hydrogen (secondary N) is 1. The Bertz CT molecular complexity index is 703. The number of aliphatic hydroxyl groups excluding tert-OH is 1. The van der Waals surface area contributed by atoms with Crippen molar-refractivity contribution in [1.82, 2.24) is 4.90 Å². The molecule has 0 spiro atoms. The van der Waals surface area contributed by atoms with Gasteiger partial charge >= 0.3 is 0 Å². The maximum absolute atomic E-state index is 12.3. The lowest BCUT2D eigenvalue weighted by atomic mass is 10.1. The largest absolute Gasteiger partial charge is 0.392 e. The van der Waals surface area contributed by atoms with Gasteiger partial charge in [0, 0.05) is 29.4 Å². The van der Waals surface area contributed by atoms with Crippen LogP contribution in [0.3, 0.4) is 0 Å². The third-order valence-corrected chi connectivity index (χ3v) is 4.43. The van der Waals surface area contributed by atoms with Gasteiger partial charge in [0.15, 0.2) is 0 Å². The second-order valence-corrected chi connectivity index (χ2v) is 6.63. The zero-order valence-electron chi connectivity index (χ0n) is 13.4. The molecule has 0 aromatic heterocycles. The van der Waals surface area contributed by atoms with Crippen LogP contribution in [0.2, 0.25) is 5.02 Å². The molecule has 2 aromatic rings. The fraction of sp³-hybridized carbons (Fsp3) is 0.316. The van der Waals surface area contributed by atoms with Gasteiger partial charge in [-0.05, 0) is 61.3 Å². The third kappa shape index (κ3) is 4.57. The minimum absolute atomic E-state index is 0.155. The first-order chi connectivity index (χ1) is 11.6. The Labute approximate surface area is 147 Å². The number of rotatable bonds is 4. The maximum atomic E-state index is 12.3. The summed E-state index contributed by atoms with van der Waals surface area (Å²) in [5, 5.41) is 13.3. The Balaban J connectivity index is 1.64. The van der Waals surface area contributed by atoms with Gasteiger partial charge in [0.05, 0.1) is 6.10 Å². The molecule has 0 aliphatic carbocycles. The molecule has 3 rings (SSSR count). The molecule has 5 heteroatoms. The molecule has 1 fully saturated rings. The normalized spacial score (nSPS) is 18.3. The monoisotopic (exact) mass is 344 g/mol. The van der Waals surface area contributed by atoms with Gasteiger partial charge in [-0.2, -0.15) is 0 Å². The van der Waals surface area contributed by atoms with Crippen LogP contribution in [-0.2, 0) is 6.54 Å². The smallest absolute Gasteiger partial charge is 0.255 e. The van der Waals surface area contributed by atoms with Gasteiger partial charge in [-0.3, -0.25) is 9.69 Å². The Kier molecular flexibility index (Phi) is 5.51. The zero-order valence-corrected chi connectivity index (χ0v) is 14.2. The van der Waals surface area contributed by atoms with E-state index in [4.69, 9.17) is 11.6 Å². The van der Waals surface area contributed by atoms with Crippen LogP contribution >= 0.6 is 11.6 Å². The summed E-state index contributed by atoms with van der Waals surface area (Å²) in [5.74, 6) is -0.155. The van der Waals surface area contributed by atoms with Crippen LogP contribution in [0, 0.1) is 0 Å². The van der Waals surface area contributed by atoms with Crippen LogP contribution < -0.4 is 5.32 Å². The third-order valence-electron chi connectivity index (χ3n) is 4.18. The van der Waals surface area contributed by atoms with Gasteiger partial charge in [0.2, 0.25) is 0 Å². The van der Waals surface area contributed by atoms with Crippen molar-refractivity contribution in [3.05, 3.63) is 64.7 Å². The van der Waals surface area contributed by atoms with Crippen LogP contribution in [0.1, 0.15) is 28.8 Å². The molecule has 1 heterocycles. The van der Waals surface area contributed by atoms with E-state index in [9.17, 15) is 9.90 Å². The van der Waals surface area contributed by atoms with Crippen LogP contribution in [0.4, 0.5) is 5.69 Å². The summed E-state index contributed by atoms with van der Waals surface area (Å²) >= 11 is 5.85. The molecule has 1 aliphatic heterocycles. The van der Waals surface area contributed by atoms with Crippen molar-refractivity contribution in [2.75, 3.05) is 18.4 Å². The highest BCUT2D eigenvalue weighted by atomic mass is 35.5. The highest BCUT2D eigenvalue weighted by Gasteiger charge is 2.17. The van der Waals surface area contributed by atoms with E-state index in [2.05, 4.69) is 10.2 Å². The van der Waals surface area contributed by atoms with Gasteiger partial charge in [-0.25, -0.2) is 0 Å². The molecular weight excluding hydrogens is 324 g/mol. The number of hydrogen-bond donors (Lipinski definition) is 2. The van der Waals surface area contributed by atoms with Crippen molar-refractivity contribution in [3.8, 4) is 0 Å². The quantitative estimate of drug-likeness (QED) is 0.891. The molecule has 1 unspecified atom stereocenters. The van der Waals surface area contributed by atoms with E-state index in [1.54, 1.807) is 24.3 Å². The van der Waals surface area contributed by atoms with Crippen molar-refractivity contribution in [2.45, 2.75) is 25.5 Å². The number of piperidine rings is 1. The number of halogens is 1. The Morgan fingerprint density at radius 2 is 2.04 bits per heavy atom. The first kappa shape index (κ1) is 17.0. The van der Waals surface area contributed by atoms with Crippen molar-refractivity contribution < 1.29 is 9.90 Å². The molecule has 2 N–H and O–H groups in total. The van der Waals surface area contributed by atoms with Crippen LogP contribution in [-0.4, -0.2) is 35.1 Å². The van der Waals surface area contributed by atoms with Crippen LogP contribution in [0.5, 0.6) is 0 Å². The molecule has 24 heavy (non-hydrogen) atoms. The van der Waals surface area contributed by atoms with E-state index in [1.807, 2.05) is 24.3 Å². The number of likely N-dealkylation sites (tertiary alicyclic amines) is 1. The number of amides is 1. The molecule has 1 saturated heterocycles. The number of carbonyl (C=O) groups is 1. The minimum Gasteiger partial charge on any atom is -0.392 e. The molecule has 0 saturated carbocycles. The summed E-state index contributed by atoms with van der Waals surface area (Å²) < 4.78 is 0. The predicted molar refractivity (Wildman–Crippen MR) is 96.4 cm³/mol.